The Labute approximate surface area is 180 Å². The first kappa shape index (κ1) is 20.2. The highest BCUT2D eigenvalue weighted by molar-refractivity contribution is 7.14. The van der Waals surface area contributed by atoms with E-state index in [1.54, 1.807) is 7.11 Å². The fraction of sp³-hybridized carbons (Fsp3) is 0.250. The predicted octanol–water partition coefficient (Wildman–Crippen LogP) is 4.19. The highest BCUT2D eigenvalue weighted by Crippen LogP contribution is 2.29. The molecule has 0 atom stereocenters. The Kier molecular flexibility index (Phi) is 5.86. The molecule has 2 amide bonds. The average molecular weight is 421 g/mol. The number of fused-ring (bicyclic) bond motifs is 1. The molecule has 2 heterocycles. The second kappa shape index (κ2) is 8.71. The third-order valence-corrected chi connectivity index (χ3v) is 6.52. The van der Waals surface area contributed by atoms with Crippen LogP contribution in [0.25, 0.3) is 0 Å². The summed E-state index contributed by atoms with van der Waals surface area (Å²) in [7, 11) is 1.63. The number of carbonyl (C=O) groups is 2. The number of aryl methyl sites for hydroxylation is 1. The molecule has 30 heavy (non-hydrogen) atoms. The summed E-state index contributed by atoms with van der Waals surface area (Å²) in [4.78, 5) is 29.2. The van der Waals surface area contributed by atoms with Gasteiger partial charge >= 0.3 is 0 Å². The summed E-state index contributed by atoms with van der Waals surface area (Å²) >= 11 is 1.53. The van der Waals surface area contributed by atoms with E-state index < -0.39 is 0 Å². The molecular formula is C24H24N2O3S. The first-order valence-electron chi connectivity index (χ1n) is 9.92. The molecule has 0 fully saturated rings. The van der Waals surface area contributed by atoms with Crippen molar-refractivity contribution in [1.29, 1.82) is 0 Å². The van der Waals surface area contributed by atoms with Crippen LogP contribution in [0.1, 0.15) is 41.6 Å². The number of ether oxygens (including phenoxy) is 1. The van der Waals surface area contributed by atoms with Gasteiger partial charge in [-0.3, -0.25) is 9.59 Å². The van der Waals surface area contributed by atoms with Crippen LogP contribution in [0.2, 0.25) is 0 Å². The van der Waals surface area contributed by atoms with E-state index >= 15 is 0 Å². The minimum atomic E-state index is -0.0818. The molecule has 6 heteroatoms. The molecule has 0 saturated carbocycles. The maximum atomic E-state index is 12.8. The number of carbonyl (C=O) groups excluding carboxylic acids is 2. The van der Waals surface area contributed by atoms with E-state index in [1.807, 2.05) is 66.4 Å². The zero-order valence-corrected chi connectivity index (χ0v) is 17.9. The van der Waals surface area contributed by atoms with Crippen molar-refractivity contribution in [3.05, 3.63) is 86.6 Å². The number of thiophene rings is 1. The van der Waals surface area contributed by atoms with Gasteiger partial charge in [-0.05, 0) is 54.8 Å². The van der Waals surface area contributed by atoms with Crippen LogP contribution < -0.4 is 10.1 Å². The van der Waals surface area contributed by atoms with Gasteiger partial charge in [-0.25, -0.2) is 0 Å². The lowest BCUT2D eigenvalue weighted by atomic mass is 10.1. The first-order chi connectivity index (χ1) is 14.5. The first-order valence-corrected chi connectivity index (χ1v) is 10.7. The summed E-state index contributed by atoms with van der Waals surface area (Å²) in [5.41, 5.74) is 3.92. The molecule has 0 saturated heterocycles. The van der Waals surface area contributed by atoms with Gasteiger partial charge in [0, 0.05) is 30.1 Å². The monoisotopic (exact) mass is 420 g/mol. The Bertz CT molecular complexity index is 1060. The third kappa shape index (κ3) is 4.39. The molecule has 154 valence electrons. The molecule has 0 bridgehead atoms. The van der Waals surface area contributed by atoms with Crippen molar-refractivity contribution in [1.82, 2.24) is 10.2 Å². The van der Waals surface area contributed by atoms with Gasteiger partial charge < -0.3 is 15.0 Å². The van der Waals surface area contributed by atoms with Gasteiger partial charge in [0.2, 0.25) is 0 Å². The molecule has 1 aliphatic rings. The Hall–Kier alpha value is -3.12. The van der Waals surface area contributed by atoms with Crippen LogP contribution in [-0.4, -0.2) is 30.4 Å². The highest BCUT2D eigenvalue weighted by Gasteiger charge is 2.25. The number of amides is 2. The SMILES string of the molecule is COc1ccc(CNC(=O)c2cc3c(s2)CCN(C(=O)c2ccc(C)cc2)C3)cc1. The summed E-state index contributed by atoms with van der Waals surface area (Å²) < 4.78 is 5.16. The summed E-state index contributed by atoms with van der Waals surface area (Å²) in [6.07, 6.45) is 0.781. The van der Waals surface area contributed by atoms with Crippen LogP contribution in [-0.2, 0) is 19.5 Å². The van der Waals surface area contributed by atoms with E-state index in [4.69, 9.17) is 4.74 Å². The maximum Gasteiger partial charge on any atom is 0.261 e. The molecule has 1 aromatic heterocycles. The number of hydrogen-bond acceptors (Lipinski definition) is 4. The molecule has 5 nitrogen and oxygen atoms in total. The van der Waals surface area contributed by atoms with Crippen molar-refractivity contribution in [3.63, 3.8) is 0 Å². The largest absolute Gasteiger partial charge is 0.497 e. The lowest BCUT2D eigenvalue weighted by molar-refractivity contribution is 0.0736. The Balaban J connectivity index is 1.39. The van der Waals surface area contributed by atoms with Gasteiger partial charge in [-0.2, -0.15) is 0 Å². The summed E-state index contributed by atoms with van der Waals surface area (Å²) in [6, 6.07) is 17.2. The van der Waals surface area contributed by atoms with Gasteiger partial charge in [0.25, 0.3) is 11.8 Å². The molecule has 2 aromatic carbocycles. The number of benzene rings is 2. The maximum absolute atomic E-state index is 12.8. The van der Waals surface area contributed by atoms with Gasteiger partial charge in [0.15, 0.2) is 0 Å². The van der Waals surface area contributed by atoms with Crippen LogP contribution >= 0.6 is 11.3 Å². The quantitative estimate of drug-likeness (QED) is 0.673. The van der Waals surface area contributed by atoms with E-state index in [-0.39, 0.29) is 11.8 Å². The van der Waals surface area contributed by atoms with E-state index in [1.165, 1.54) is 16.2 Å². The second-order valence-corrected chi connectivity index (χ2v) is 8.57. The number of nitrogens with one attached hydrogen (secondary N) is 1. The van der Waals surface area contributed by atoms with Crippen LogP contribution in [0.3, 0.4) is 0 Å². The number of hydrogen-bond donors (Lipinski definition) is 1. The van der Waals surface area contributed by atoms with Crippen LogP contribution in [0.4, 0.5) is 0 Å². The van der Waals surface area contributed by atoms with Gasteiger partial charge in [-0.15, -0.1) is 11.3 Å². The normalized spacial score (nSPS) is 12.9. The standard InChI is InChI=1S/C24H24N2O3S/c1-16-3-7-18(8-4-16)24(28)26-12-11-21-19(15-26)13-22(30-21)23(27)25-14-17-5-9-20(29-2)10-6-17/h3-10,13H,11-12,14-15H2,1-2H3,(H,25,27). The van der Waals surface area contributed by atoms with Gasteiger partial charge in [-0.1, -0.05) is 29.8 Å². The van der Waals surface area contributed by atoms with E-state index in [0.717, 1.165) is 28.9 Å². The lowest BCUT2D eigenvalue weighted by Gasteiger charge is -2.27. The molecule has 0 spiro atoms. The van der Waals surface area contributed by atoms with Gasteiger partial charge in [0.1, 0.15) is 5.75 Å². The van der Waals surface area contributed by atoms with Crippen LogP contribution in [0.15, 0.2) is 54.6 Å². The molecule has 1 aliphatic heterocycles. The van der Waals surface area contributed by atoms with Crippen molar-refractivity contribution in [3.8, 4) is 5.75 Å². The van der Waals surface area contributed by atoms with Crippen LogP contribution in [0, 0.1) is 6.92 Å². The summed E-state index contributed by atoms with van der Waals surface area (Å²) in [6.45, 7) is 3.69. The van der Waals surface area contributed by atoms with Crippen LogP contribution in [0.5, 0.6) is 5.75 Å². The number of nitrogens with zero attached hydrogens (tertiary/aromatic N) is 1. The lowest BCUT2D eigenvalue weighted by Crippen LogP contribution is -2.35. The average Bonchev–Trinajstić information content (AvgIpc) is 3.21. The van der Waals surface area contributed by atoms with Crippen molar-refractivity contribution in [2.45, 2.75) is 26.4 Å². The molecule has 4 rings (SSSR count). The van der Waals surface area contributed by atoms with Crippen molar-refractivity contribution < 1.29 is 14.3 Å². The predicted molar refractivity (Wildman–Crippen MR) is 118 cm³/mol. The molecule has 0 unspecified atom stereocenters. The van der Waals surface area contributed by atoms with Crippen molar-refractivity contribution >= 4 is 23.2 Å². The highest BCUT2D eigenvalue weighted by atomic mass is 32.1. The van der Waals surface area contributed by atoms with Crippen molar-refractivity contribution in [2.75, 3.05) is 13.7 Å². The Morgan fingerprint density at radius 2 is 1.83 bits per heavy atom. The molecule has 0 radical (unpaired) electrons. The molecule has 3 aromatic rings. The van der Waals surface area contributed by atoms with E-state index in [2.05, 4.69) is 5.32 Å². The van der Waals surface area contributed by atoms with Gasteiger partial charge in [0.05, 0.1) is 12.0 Å². The van der Waals surface area contributed by atoms with E-state index in [9.17, 15) is 9.59 Å². The minimum Gasteiger partial charge on any atom is -0.497 e. The molecule has 0 aliphatic carbocycles. The zero-order valence-electron chi connectivity index (χ0n) is 17.1. The Morgan fingerprint density at radius 3 is 2.53 bits per heavy atom. The van der Waals surface area contributed by atoms with E-state index in [0.29, 0.717) is 30.1 Å². The summed E-state index contributed by atoms with van der Waals surface area (Å²) in [5, 5.41) is 2.98. The number of methoxy groups -OCH3 is 1. The fourth-order valence-corrected chi connectivity index (χ4v) is 4.59. The molecular weight excluding hydrogens is 396 g/mol. The third-order valence-electron chi connectivity index (χ3n) is 5.29. The topological polar surface area (TPSA) is 58.6 Å². The van der Waals surface area contributed by atoms with Crippen molar-refractivity contribution in [2.24, 2.45) is 0 Å². The zero-order chi connectivity index (χ0) is 21.1. The smallest absolute Gasteiger partial charge is 0.261 e. The minimum absolute atomic E-state index is 0.0392. The summed E-state index contributed by atoms with van der Waals surface area (Å²) in [5.74, 6) is 0.750. The number of rotatable bonds is 5. The fourth-order valence-electron chi connectivity index (χ4n) is 3.51. The Morgan fingerprint density at radius 1 is 1.10 bits per heavy atom. The molecule has 1 N–H and O–H groups in total. The second-order valence-electron chi connectivity index (χ2n) is 7.43.